The number of aliphatic carboxylic acids is 1. The first-order valence-electron chi connectivity index (χ1n) is 6.70. The summed E-state index contributed by atoms with van der Waals surface area (Å²) in [4.78, 5) is 35.1. The monoisotopic (exact) mass is 322 g/mol. The summed E-state index contributed by atoms with van der Waals surface area (Å²) in [6.07, 6.45) is 0.392. The van der Waals surface area contributed by atoms with E-state index < -0.39 is 17.4 Å². The first-order chi connectivity index (χ1) is 10.5. The van der Waals surface area contributed by atoms with E-state index in [0.29, 0.717) is 29.4 Å². The van der Waals surface area contributed by atoms with Crippen molar-refractivity contribution in [2.75, 3.05) is 23.4 Å². The molecule has 116 valence electrons. The summed E-state index contributed by atoms with van der Waals surface area (Å²) in [6, 6.07) is 4.61. The summed E-state index contributed by atoms with van der Waals surface area (Å²) in [5.74, 6) is -0.271. The van der Waals surface area contributed by atoms with Crippen LogP contribution in [0.1, 0.15) is 16.8 Å². The van der Waals surface area contributed by atoms with Crippen LogP contribution in [0.5, 0.6) is 5.75 Å². The van der Waals surface area contributed by atoms with Gasteiger partial charge in [0.05, 0.1) is 5.69 Å². The predicted molar refractivity (Wildman–Crippen MR) is 80.3 cm³/mol. The molecule has 1 atom stereocenters. The Morgan fingerprint density at radius 3 is 2.91 bits per heavy atom. The van der Waals surface area contributed by atoms with E-state index in [0.717, 1.165) is 0 Å². The molecule has 3 rings (SSSR count). The molecule has 22 heavy (non-hydrogen) atoms. The fourth-order valence-corrected chi connectivity index (χ4v) is 3.73. The summed E-state index contributed by atoms with van der Waals surface area (Å²) in [7, 11) is 0. The van der Waals surface area contributed by atoms with Gasteiger partial charge in [0.1, 0.15) is 11.3 Å². The van der Waals surface area contributed by atoms with Crippen LogP contribution in [0, 0.1) is 0 Å². The molecule has 0 aliphatic carbocycles. The number of nitrogens with one attached hydrogen (secondary N) is 2. The molecule has 8 heteroatoms. The number of amides is 2. The Labute approximate surface area is 130 Å². The van der Waals surface area contributed by atoms with Crippen molar-refractivity contribution in [2.24, 2.45) is 0 Å². The second kappa shape index (κ2) is 5.53. The van der Waals surface area contributed by atoms with Crippen molar-refractivity contribution >= 4 is 35.2 Å². The number of hydrogen-bond donors (Lipinski definition) is 3. The van der Waals surface area contributed by atoms with Crippen LogP contribution in [-0.2, 0) is 9.59 Å². The van der Waals surface area contributed by atoms with E-state index in [2.05, 4.69) is 10.6 Å². The number of benzene rings is 1. The molecule has 0 radical (unpaired) electrons. The minimum absolute atomic E-state index is 0.0576. The van der Waals surface area contributed by atoms with E-state index >= 15 is 0 Å². The normalized spacial score (nSPS) is 23.2. The van der Waals surface area contributed by atoms with Crippen molar-refractivity contribution in [3.8, 4) is 5.75 Å². The van der Waals surface area contributed by atoms with Crippen molar-refractivity contribution in [1.29, 1.82) is 0 Å². The Kier molecular flexibility index (Phi) is 3.69. The lowest BCUT2D eigenvalue weighted by Gasteiger charge is -2.25. The SMILES string of the molecule is O=C1COc2ccc(C(=O)N[C@@]3(C(=O)O)CCSC3)cc2N1. The molecule has 2 aliphatic rings. The third kappa shape index (κ3) is 2.61. The number of carboxylic acids is 1. The maximum absolute atomic E-state index is 12.3. The van der Waals surface area contributed by atoms with Crippen LogP contribution >= 0.6 is 11.8 Å². The highest BCUT2D eigenvalue weighted by atomic mass is 32.2. The number of carbonyl (C=O) groups is 3. The highest BCUT2D eigenvalue weighted by Crippen LogP contribution is 2.31. The average molecular weight is 322 g/mol. The Morgan fingerprint density at radius 1 is 1.41 bits per heavy atom. The Balaban J connectivity index is 1.82. The van der Waals surface area contributed by atoms with Gasteiger partial charge in [0.2, 0.25) is 0 Å². The maximum Gasteiger partial charge on any atom is 0.330 e. The van der Waals surface area contributed by atoms with Gasteiger partial charge in [0, 0.05) is 11.3 Å². The van der Waals surface area contributed by atoms with Crippen molar-refractivity contribution in [1.82, 2.24) is 5.32 Å². The van der Waals surface area contributed by atoms with Crippen LogP contribution in [-0.4, -0.2) is 46.5 Å². The van der Waals surface area contributed by atoms with Gasteiger partial charge in [-0.05, 0) is 30.4 Å². The van der Waals surface area contributed by atoms with Crippen LogP contribution in [0.3, 0.4) is 0 Å². The molecule has 1 aromatic carbocycles. The van der Waals surface area contributed by atoms with Gasteiger partial charge in [-0.2, -0.15) is 11.8 Å². The molecule has 2 aliphatic heterocycles. The summed E-state index contributed by atoms with van der Waals surface area (Å²) in [5.41, 5.74) is -0.534. The van der Waals surface area contributed by atoms with Gasteiger partial charge in [0.15, 0.2) is 6.61 Å². The standard InChI is InChI=1S/C14H14N2O5S/c17-11-6-21-10-2-1-8(5-9(10)15-11)12(18)16-14(13(19)20)3-4-22-7-14/h1-2,5H,3-4,6-7H2,(H,15,17)(H,16,18)(H,19,20)/t14-/m0/s1. The lowest BCUT2D eigenvalue weighted by atomic mass is 9.98. The van der Waals surface area contributed by atoms with E-state index in [1.807, 2.05) is 0 Å². The number of hydrogen-bond acceptors (Lipinski definition) is 5. The number of anilines is 1. The van der Waals surface area contributed by atoms with Crippen LogP contribution in [0.25, 0.3) is 0 Å². The summed E-state index contributed by atoms with van der Waals surface area (Å²) < 4.78 is 5.22. The van der Waals surface area contributed by atoms with Gasteiger partial charge >= 0.3 is 5.97 Å². The quantitative estimate of drug-likeness (QED) is 0.757. The Morgan fingerprint density at radius 2 is 2.23 bits per heavy atom. The second-order valence-corrected chi connectivity index (χ2v) is 6.30. The zero-order chi connectivity index (χ0) is 15.7. The van der Waals surface area contributed by atoms with Crippen molar-refractivity contribution in [2.45, 2.75) is 12.0 Å². The number of fused-ring (bicyclic) bond motifs is 1. The largest absolute Gasteiger partial charge is 0.482 e. The average Bonchev–Trinajstić information content (AvgIpc) is 2.96. The molecule has 0 spiro atoms. The molecule has 0 bridgehead atoms. The molecule has 1 fully saturated rings. The highest BCUT2D eigenvalue weighted by Gasteiger charge is 2.43. The van der Waals surface area contributed by atoms with Gasteiger partial charge in [-0.3, -0.25) is 9.59 Å². The minimum atomic E-state index is -1.22. The molecule has 0 aromatic heterocycles. The molecule has 0 saturated carbocycles. The molecule has 0 unspecified atom stereocenters. The second-order valence-electron chi connectivity index (χ2n) is 5.19. The zero-order valence-electron chi connectivity index (χ0n) is 11.5. The Hall–Kier alpha value is -2.22. The van der Waals surface area contributed by atoms with Gasteiger partial charge in [-0.1, -0.05) is 0 Å². The van der Waals surface area contributed by atoms with E-state index in [9.17, 15) is 19.5 Å². The fourth-order valence-electron chi connectivity index (χ4n) is 2.40. The fraction of sp³-hybridized carbons (Fsp3) is 0.357. The van der Waals surface area contributed by atoms with Gasteiger partial charge in [0.25, 0.3) is 11.8 Å². The molecule has 1 saturated heterocycles. The van der Waals surface area contributed by atoms with Gasteiger partial charge < -0.3 is 20.5 Å². The van der Waals surface area contributed by atoms with Crippen LogP contribution < -0.4 is 15.4 Å². The maximum atomic E-state index is 12.3. The van der Waals surface area contributed by atoms with Crippen LogP contribution in [0.15, 0.2) is 18.2 Å². The highest BCUT2D eigenvalue weighted by molar-refractivity contribution is 7.99. The van der Waals surface area contributed by atoms with Gasteiger partial charge in [-0.15, -0.1) is 0 Å². The number of thioether (sulfide) groups is 1. The van der Waals surface area contributed by atoms with E-state index in [4.69, 9.17) is 4.74 Å². The number of ether oxygens (including phenoxy) is 1. The number of carbonyl (C=O) groups excluding carboxylic acids is 2. The van der Waals surface area contributed by atoms with Gasteiger partial charge in [-0.25, -0.2) is 4.79 Å². The molecular weight excluding hydrogens is 308 g/mol. The molecule has 2 amide bonds. The lowest BCUT2D eigenvalue weighted by Crippen LogP contribution is -2.54. The summed E-state index contributed by atoms with van der Waals surface area (Å²) >= 11 is 1.50. The van der Waals surface area contributed by atoms with E-state index in [1.165, 1.54) is 17.8 Å². The number of carboxylic acid groups (broad SMARTS) is 1. The first kappa shape index (κ1) is 14.7. The minimum Gasteiger partial charge on any atom is -0.482 e. The van der Waals surface area contributed by atoms with Crippen molar-refractivity contribution < 1.29 is 24.2 Å². The summed E-state index contributed by atoms with van der Waals surface area (Å²) in [5, 5.41) is 14.6. The molecule has 7 nitrogen and oxygen atoms in total. The lowest BCUT2D eigenvalue weighted by molar-refractivity contribution is -0.143. The van der Waals surface area contributed by atoms with E-state index in [1.54, 1.807) is 12.1 Å². The third-order valence-electron chi connectivity index (χ3n) is 3.66. The smallest absolute Gasteiger partial charge is 0.330 e. The number of rotatable bonds is 3. The van der Waals surface area contributed by atoms with Crippen molar-refractivity contribution in [3.63, 3.8) is 0 Å². The molecule has 1 aromatic rings. The topological polar surface area (TPSA) is 105 Å². The van der Waals surface area contributed by atoms with Crippen LogP contribution in [0.2, 0.25) is 0 Å². The Bertz CT molecular complexity index is 655. The first-order valence-corrected chi connectivity index (χ1v) is 7.86. The zero-order valence-corrected chi connectivity index (χ0v) is 12.4. The molecule has 2 heterocycles. The molecular formula is C14H14N2O5S. The third-order valence-corrected chi connectivity index (χ3v) is 4.85. The molecule has 3 N–H and O–H groups in total. The van der Waals surface area contributed by atoms with Crippen LogP contribution in [0.4, 0.5) is 5.69 Å². The van der Waals surface area contributed by atoms with E-state index in [-0.39, 0.29) is 18.1 Å². The van der Waals surface area contributed by atoms with Crippen molar-refractivity contribution in [3.05, 3.63) is 23.8 Å². The predicted octanol–water partition coefficient (Wildman–Crippen LogP) is 0.708. The summed E-state index contributed by atoms with van der Waals surface area (Å²) in [6.45, 7) is -0.0576.